The van der Waals surface area contributed by atoms with Gasteiger partial charge in [-0.15, -0.1) is 0 Å². The van der Waals surface area contributed by atoms with Gasteiger partial charge in [-0.05, 0) is 66.1 Å². The second-order valence-corrected chi connectivity index (χ2v) is 7.11. The third-order valence-electron chi connectivity index (χ3n) is 4.35. The Morgan fingerprint density at radius 3 is 2.38 bits per heavy atom. The van der Waals surface area contributed by atoms with Gasteiger partial charge in [0.15, 0.2) is 0 Å². The molecular formula is C24H20ClN3O4. The monoisotopic (exact) mass is 449 g/mol. The molecule has 0 fully saturated rings. The summed E-state index contributed by atoms with van der Waals surface area (Å²) in [6.07, 6.45) is 2.21. The lowest BCUT2D eigenvalue weighted by Gasteiger charge is -2.06. The lowest BCUT2D eigenvalue weighted by molar-refractivity contribution is -0.136. The van der Waals surface area contributed by atoms with Crippen LogP contribution in [-0.4, -0.2) is 24.0 Å². The van der Waals surface area contributed by atoms with E-state index >= 15 is 0 Å². The Balaban J connectivity index is 1.54. The fourth-order valence-electron chi connectivity index (χ4n) is 2.64. The number of ether oxygens (including phenoxy) is 1. The molecule has 0 radical (unpaired) electrons. The molecule has 0 aromatic heterocycles. The Kier molecular flexibility index (Phi) is 7.72. The van der Waals surface area contributed by atoms with Gasteiger partial charge in [0.05, 0.1) is 11.8 Å². The number of halogens is 1. The van der Waals surface area contributed by atoms with E-state index < -0.39 is 17.8 Å². The normalized spacial score (nSPS) is 10.6. The SMILES string of the molecule is CCc1ccc(NC(=O)C(=O)N/N=C/c2cccc(OC(=O)c3ccc(Cl)cc3)c2)cc1. The molecule has 0 aliphatic heterocycles. The van der Waals surface area contributed by atoms with Crippen LogP contribution in [0.5, 0.6) is 5.75 Å². The van der Waals surface area contributed by atoms with Gasteiger partial charge in [-0.1, -0.05) is 42.8 Å². The summed E-state index contributed by atoms with van der Waals surface area (Å²) in [6.45, 7) is 2.03. The minimum atomic E-state index is -0.911. The molecule has 0 unspecified atom stereocenters. The number of hydrogen-bond donors (Lipinski definition) is 2. The average molecular weight is 450 g/mol. The minimum absolute atomic E-state index is 0.300. The molecule has 0 saturated heterocycles. The van der Waals surface area contributed by atoms with Crippen LogP contribution < -0.4 is 15.5 Å². The highest BCUT2D eigenvalue weighted by molar-refractivity contribution is 6.39. The Morgan fingerprint density at radius 2 is 1.69 bits per heavy atom. The van der Waals surface area contributed by atoms with E-state index in [0.717, 1.165) is 12.0 Å². The molecule has 32 heavy (non-hydrogen) atoms. The molecule has 0 aliphatic rings. The number of anilines is 1. The summed E-state index contributed by atoms with van der Waals surface area (Å²) >= 11 is 5.82. The molecular weight excluding hydrogens is 430 g/mol. The lowest BCUT2D eigenvalue weighted by atomic mass is 10.1. The van der Waals surface area contributed by atoms with Gasteiger partial charge in [0.1, 0.15) is 5.75 Å². The number of hydrogen-bond acceptors (Lipinski definition) is 5. The molecule has 0 atom stereocenters. The third-order valence-corrected chi connectivity index (χ3v) is 4.61. The highest BCUT2D eigenvalue weighted by Gasteiger charge is 2.13. The van der Waals surface area contributed by atoms with Crippen molar-refractivity contribution in [3.63, 3.8) is 0 Å². The number of nitrogens with one attached hydrogen (secondary N) is 2. The zero-order valence-electron chi connectivity index (χ0n) is 17.2. The molecule has 3 aromatic carbocycles. The standard InChI is InChI=1S/C24H20ClN3O4/c1-2-16-6-12-20(13-7-16)27-22(29)23(30)28-26-15-17-4-3-5-21(14-17)32-24(31)18-8-10-19(25)11-9-18/h3-15H,2H2,1H3,(H,27,29)(H,28,30)/b26-15+. The maximum atomic E-state index is 12.2. The first-order valence-electron chi connectivity index (χ1n) is 9.75. The van der Waals surface area contributed by atoms with Crippen molar-refractivity contribution in [3.05, 3.63) is 94.5 Å². The van der Waals surface area contributed by atoms with Crippen molar-refractivity contribution in [2.45, 2.75) is 13.3 Å². The first-order chi connectivity index (χ1) is 15.4. The van der Waals surface area contributed by atoms with E-state index in [-0.39, 0.29) is 0 Å². The van der Waals surface area contributed by atoms with Crippen LogP contribution in [0.25, 0.3) is 0 Å². The largest absolute Gasteiger partial charge is 0.423 e. The summed E-state index contributed by atoms with van der Waals surface area (Å²) in [7, 11) is 0. The van der Waals surface area contributed by atoms with Gasteiger partial charge in [-0.3, -0.25) is 9.59 Å². The topological polar surface area (TPSA) is 96.9 Å². The third kappa shape index (κ3) is 6.52. The van der Waals surface area contributed by atoms with Crippen LogP contribution in [0.1, 0.15) is 28.4 Å². The van der Waals surface area contributed by atoms with Crippen LogP contribution in [0.15, 0.2) is 77.9 Å². The van der Waals surface area contributed by atoms with Gasteiger partial charge in [0, 0.05) is 10.7 Å². The molecule has 162 valence electrons. The summed E-state index contributed by atoms with van der Waals surface area (Å²) in [6, 6.07) is 20.1. The highest BCUT2D eigenvalue weighted by Crippen LogP contribution is 2.16. The summed E-state index contributed by atoms with van der Waals surface area (Å²) in [5, 5.41) is 6.80. The predicted molar refractivity (Wildman–Crippen MR) is 123 cm³/mol. The van der Waals surface area contributed by atoms with Crippen LogP contribution in [-0.2, 0) is 16.0 Å². The van der Waals surface area contributed by atoms with Gasteiger partial charge in [-0.25, -0.2) is 10.2 Å². The number of carbonyl (C=O) groups excluding carboxylic acids is 3. The number of hydrazone groups is 1. The predicted octanol–water partition coefficient (Wildman–Crippen LogP) is 4.21. The van der Waals surface area contributed by atoms with Crippen molar-refractivity contribution in [1.29, 1.82) is 0 Å². The molecule has 7 nitrogen and oxygen atoms in total. The number of benzene rings is 3. The molecule has 0 aliphatic carbocycles. The molecule has 0 heterocycles. The second-order valence-electron chi connectivity index (χ2n) is 6.67. The van der Waals surface area contributed by atoms with E-state index in [1.807, 2.05) is 19.1 Å². The molecule has 0 bridgehead atoms. The van der Waals surface area contributed by atoms with E-state index in [0.29, 0.717) is 27.6 Å². The first-order valence-corrected chi connectivity index (χ1v) is 10.1. The first kappa shape index (κ1) is 22.7. The van der Waals surface area contributed by atoms with Crippen LogP contribution >= 0.6 is 11.6 Å². The van der Waals surface area contributed by atoms with Gasteiger partial charge < -0.3 is 10.1 Å². The van der Waals surface area contributed by atoms with Crippen molar-refractivity contribution in [3.8, 4) is 5.75 Å². The van der Waals surface area contributed by atoms with E-state index in [1.165, 1.54) is 6.21 Å². The van der Waals surface area contributed by atoms with Crippen molar-refractivity contribution >= 4 is 41.3 Å². The molecule has 3 rings (SSSR count). The zero-order chi connectivity index (χ0) is 22.9. The van der Waals surface area contributed by atoms with Crippen molar-refractivity contribution in [2.75, 3.05) is 5.32 Å². The molecule has 2 N–H and O–H groups in total. The molecule has 0 spiro atoms. The maximum absolute atomic E-state index is 12.2. The van der Waals surface area contributed by atoms with Gasteiger partial charge >= 0.3 is 17.8 Å². The van der Waals surface area contributed by atoms with Crippen molar-refractivity contribution in [1.82, 2.24) is 5.43 Å². The van der Waals surface area contributed by atoms with Crippen molar-refractivity contribution < 1.29 is 19.1 Å². The summed E-state index contributed by atoms with van der Waals surface area (Å²) in [4.78, 5) is 36.1. The fraction of sp³-hybridized carbons (Fsp3) is 0.0833. The minimum Gasteiger partial charge on any atom is -0.423 e. The molecule has 3 aromatic rings. The number of amides is 2. The van der Waals surface area contributed by atoms with Gasteiger partial charge in [0.2, 0.25) is 0 Å². The summed E-state index contributed by atoms with van der Waals surface area (Å²) in [5.74, 6) is -1.98. The number of esters is 1. The summed E-state index contributed by atoms with van der Waals surface area (Å²) in [5.41, 5.74) is 4.72. The van der Waals surface area contributed by atoms with E-state index in [1.54, 1.807) is 60.7 Å². The van der Waals surface area contributed by atoms with Crippen LogP contribution in [0.3, 0.4) is 0 Å². The zero-order valence-corrected chi connectivity index (χ0v) is 17.9. The number of carbonyl (C=O) groups is 3. The number of aryl methyl sites for hydroxylation is 1. The molecule has 0 saturated carbocycles. The Bertz CT molecular complexity index is 1140. The van der Waals surface area contributed by atoms with E-state index in [4.69, 9.17) is 16.3 Å². The summed E-state index contributed by atoms with van der Waals surface area (Å²) < 4.78 is 5.33. The van der Waals surface area contributed by atoms with Crippen LogP contribution in [0, 0.1) is 0 Å². The maximum Gasteiger partial charge on any atom is 0.343 e. The van der Waals surface area contributed by atoms with Crippen LogP contribution in [0.2, 0.25) is 5.02 Å². The Labute approximate surface area is 190 Å². The Hall–Kier alpha value is -3.97. The van der Waals surface area contributed by atoms with Crippen molar-refractivity contribution in [2.24, 2.45) is 5.10 Å². The fourth-order valence-corrected chi connectivity index (χ4v) is 2.76. The Morgan fingerprint density at radius 1 is 0.969 bits per heavy atom. The van der Waals surface area contributed by atoms with Crippen LogP contribution in [0.4, 0.5) is 5.69 Å². The molecule has 8 heteroatoms. The highest BCUT2D eigenvalue weighted by atomic mass is 35.5. The second kappa shape index (κ2) is 10.9. The average Bonchev–Trinajstić information content (AvgIpc) is 2.80. The van der Waals surface area contributed by atoms with Gasteiger partial charge in [0.25, 0.3) is 0 Å². The lowest BCUT2D eigenvalue weighted by Crippen LogP contribution is -2.32. The quantitative estimate of drug-likeness (QED) is 0.194. The number of rotatable bonds is 6. The smallest absolute Gasteiger partial charge is 0.343 e. The van der Waals surface area contributed by atoms with E-state index in [9.17, 15) is 14.4 Å². The number of nitrogens with zero attached hydrogens (tertiary/aromatic N) is 1. The molecule has 2 amide bonds. The van der Waals surface area contributed by atoms with Gasteiger partial charge in [-0.2, -0.15) is 5.10 Å². The van der Waals surface area contributed by atoms with E-state index in [2.05, 4.69) is 15.8 Å².